The minimum absolute atomic E-state index is 0.00101. The van der Waals surface area contributed by atoms with E-state index in [0.29, 0.717) is 0 Å². The number of fused-ring (bicyclic) bond motifs is 1. The summed E-state index contributed by atoms with van der Waals surface area (Å²) >= 11 is 3.48. The van der Waals surface area contributed by atoms with Crippen molar-refractivity contribution in [3.05, 3.63) is 28.2 Å². The van der Waals surface area contributed by atoms with Crippen LogP contribution in [0.15, 0.2) is 22.7 Å². The fourth-order valence-electron chi connectivity index (χ4n) is 2.87. The van der Waals surface area contributed by atoms with Gasteiger partial charge in [-0.1, -0.05) is 15.9 Å². The molecule has 1 aromatic rings. The molecule has 2 N–H and O–H groups in total. The van der Waals surface area contributed by atoms with Gasteiger partial charge in [0.05, 0.1) is 5.60 Å². The molecule has 0 aliphatic carbocycles. The second-order valence-electron chi connectivity index (χ2n) is 6.19. The zero-order valence-electron chi connectivity index (χ0n) is 12.0. The Morgan fingerprint density at radius 1 is 1.53 bits per heavy atom. The van der Waals surface area contributed by atoms with Crippen LogP contribution in [0.4, 0.5) is 0 Å². The summed E-state index contributed by atoms with van der Waals surface area (Å²) < 4.78 is 12.8. The monoisotopic (exact) mass is 327 g/mol. The number of hydrogen-bond acceptors (Lipinski definition) is 3. The van der Waals surface area contributed by atoms with Crippen LogP contribution in [0, 0.1) is 0 Å². The molecule has 1 heterocycles. The van der Waals surface area contributed by atoms with Gasteiger partial charge in [-0.25, -0.2) is 0 Å². The lowest BCUT2D eigenvalue weighted by Crippen LogP contribution is -2.45. The van der Waals surface area contributed by atoms with Crippen LogP contribution < -0.4 is 10.5 Å². The third kappa shape index (κ3) is 3.30. The second-order valence-corrected chi connectivity index (χ2v) is 7.10. The van der Waals surface area contributed by atoms with Crippen molar-refractivity contribution in [2.75, 3.05) is 7.11 Å². The lowest BCUT2D eigenvalue weighted by Gasteiger charge is -2.42. The summed E-state index contributed by atoms with van der Waals surface area (Å²) in [5.74, 6) is 0.886. The first-order valence-corrected chi connectivity index (χ1v) is 7.33. The predicted octanol–water partition coefficient (Wildman–Crippen LogP) is 3.81. The number of nitrogens with two attached hydrogens (primary N) is 1. The van der Waals surface area contributed by atoms with Crippen molar-refractivity contribution in [3.8, 4) is 5.75 Å². The normalized spacial score (nSPS) is 26.7. The highest BCUT2D eigenvalue weighted by Crippen LogP contribution is 2.42. The summed E-state index contributed by atoms with van der Waals surface area (Å²) in [5, 5.41) is 0. The fourth-order valence-corrected chi connectivity index (χ4v) is 3.24. The number of hydrogen-bond donors (Lipinski definition) is 1. The molecule has 1 aliphatic heterocycles. The van der Waals surface area contributed by atoms with Crippen LogP contribution in [0.5, 0.6) is 5.75 Å². The van der Waals surface area contributed by atoms with Crippen molar-refractivity contribution in [3.63, 3.8) is 0 Å². The fraction of sp³-hybridized carbons (Fsp3) is 0.600. The van der Waals surface area contributed by atoms with Crippen molar-refractivity contribution in [2.24, 2.45) is 5.73 Å². The van der Waals surface area contributed by atoms with E-state index < -0.39 is 0 Å². The van der Waals surface area contributed by atoms with Crippen LogP contribution in [-0.4, -0.2) is 18.3 Å². The van der Waals surface area contributed by atoms with Gasteiger partial charge in [0.15, 0.2) is 0 Å². The highest BCUT2D eigenvalue weighted by atomic mass is 79.9. The summed E-state index contributed by atoms with van der Waals surface area (Å²) in [6.07, 6.45) is 1.60. The summed E-state index contributed by atoms with van der Waals surface area (Å²) in [6, 6.07) is 6.01. The Morgan fingerprint density at radius 2 is 2.21 bits per heavy atom. The quantitative estimate of drug-likeness (QED) is 0.918. The van der Waals surface area contributed by atoms with E-state index in [4.69, 9.17) is 15.2 Å². The lowest BCUT2D eigenvalue weighted by molar-refractivity contribution is -0.0580. The van der Waals surface area contributed by atoms with Crippen molar-refractivity contribution in [1.82, 2.24) is 0 Å². The second kappa shape index (κ2) is 5.08. The van der Waals surface area contributed by atoms with Crippen LogP contribution in [0.25, 0.3) is 0 Å². The summed E-state index contributed by atoms with van der Waals surface area (Å²) in [7, 11) is 1.73. The minimum Gasteiger partial charge on any atom is -0.487 e. The molecule has 0 aromatic heterocycles. The maximum Gasteiger partial charge on any atom is 0.124 e. The van der Waals surface area contributed by atoms with Gasteiger partial charge in [0.2, 0.25) is 0 Å². The van der Waals surface area contributed by atoms with Crippen LogP contribution in [0.2, 0.25) is 0 Å². The highest BCUT2D eigenvalue weighted by molar-refractivity contribution is 9.10. The van der Waals surface area contributed by atoms with Gasteiger partial charge in [-0.05, 0) is 39.0 Å². The average Bonchev–Trinajstić information content (AvgIpc) is 2.29. The maximum atomic E-state index is 6.31. The van der Waals surface area contributed by atoms with Gasteiger partial charge < -0.3 is 15.2 Å². The molecular weight excluding hydrogens is 306 g/mol. The largest absolute Gasteiger partial charge is 0.487 e. The molecule has 106 valence electrons. The van der Waals surface area contributed by atoms with E-state index in [1.54, 1.807) is 7.11 Å². The molecule has 0 saturated heterocycles. The van der Waals surface area contributed by atoms with E-state index in [1.807, 2.05) is 18.2 Å². The predicted molar refractivity (Wildman–Crippen MR) is 80.4 cm³/mol. The number of halogens is 1. The number of benzene rings is 1. The third-order valence-corrected chi connectivity index (χ3v) is 4.22. The van der Waals surface area contributed by atoms with Crippen molar-refractivity contribution in [1.29, 1.82) is 0 Å². The molecule has 4 heteroatoms. The van der Waals surface area contributed by atoms with Crippen molar-refractivity contribution >= 4 is 15.9 Å². The molecule has 0 bridgehead atoms. The standard InChI is InChI=1S/C15H22BrNO2/c1-14(2,18-4)9-15(3)8-12(17)11-7-10(16)5-6-13(11)19-15/h5-7,12H,8-9,17H2,1-4H3/t12-,15?/m0/s1. The molecule has 1 aromatic carbocycles. The Labute approximate surface area is 123 Å². The van der Waals surface area contributed by atoms with Crippen LogP contribution in [0.1, 0.15) is 45.2 Å². The average molecular weight is 328 g/mol. The molecule has 0 spiro atoms. The van der Waals surface area contributed by atoms with Gasteiger partial charge in [-0.15, -0.1) is 0 Å². The Balaban J connectivity index is 2.27. The van der Waals surface area contributed by atoms with Gasteiger partial charge in [-0.2, -0.15) is 0 Å². The molecule has 19 heavy (non-hydrogen) atoms. The lowest BCUT2D eigenvalue weighted by atomic mass is 9.82. The molecular formula is C15H22BrNO2. The van der Waals surface area contributed by atoms with Gasteiger partial charge >= 0.3 is 0 Å². The SMILES string of the molecule is COC(C)(C)CC1(C)C[C@H](N)c2cc(Br)ccc2O1. The highest BCUT2D eigenvalue weighted by Gasteiger charge is 2.40. The van der Waals surface area contributed by atoms with Gasteiger partial charge in [0.1, 0.15) is 11.4 Å². The summed E-state index contributed by atoms with van der Waals surface area (Å²) in [4.78, 5) is 0. The third-order valence-electron chi connectivity index (χ3n) is 3.73. The Morgan fingerprint density at radius 3 is 2.84 bits per heavy atom. The first-order valence-electron chi connectivity index (χ1n) is 6.54. The molecule has 1 aliphatic rings. The van der Waals surface area contributed by atoms with E-state index in [2.05, 4.69) is 36.7 Å². The molecule has 1 unspecified atom stereocenters. The number of methoxy groups -OCH3 is 1. The Kier molecular flexibility index (Phi) is 3.96. The summed E-state index contributed by atoms with van der Waals surface area (Å²) in [5.41, 5.74) is 6.87. The van der Waals surface area contributed by atoms with E-state index in [0.717, 1.165) is 28.6 Å². The van der Waals surface area contributed by atoms with Crippen LogP contribution in [-0.2, 0) is 4.74 Å². The molecule has 0 radical (unpaired) electrons. The van der Waals surface area contributed by atoms with Gasteiger partial charge in [0.25, 0.3) is 0 Å². The molecule has 2 atom stereocenters. The first kappa shape index (κ1) is 14.8. The van der Waals surface area contributed by atoms with Crippen molar-refractivity contribution in [2.45, 2.75) is 50.9 Å². The zero-order valence-corrected chi connectivity index (χ0v) is 13.6. The number of rotatable bonds is 3. The zero-order chi connectivity index (χ0) is 14.3. The molecule has 3 nitrogen and oxygen atoms in total. The van der Waals surface area contributed by atoms with E-state index in [-0.39, 0.29) is 17.2 Å². The van der Waals surface area contributed by atoms with E-state index >= 15 is 0 Å². The van der Waals surface area contributed by atoms with Gasteiger partial charge in [0, 0.05) is 36.0 Å². The smallest absolute Gasteiger partial charge is 0.124 e. The molecule has 0 fully saturated rings. The minimum atomic E-state index is -0.292. The molecule has 0 amide bonds. The van der Waals surface area contributed by atoms with E-state index in [1.165, 1.54) is 0 Å². The number of ether oxygens (including phenoxy) is 2. The Bertz CT molecular complexity index is 475. The Hall–Kier alpha value is -0.580. The molecule has 2 rings (SSSR count). The first-order chi connectivity index (χ1) is 8.75. The van der Waals surface area contributed by atoms with Crippen LogP contribution >= 0.6 is 15.9 Å². The van der Waals surface area contributed by atoms with Crippen molar-refractivity contribution < 1.29 is 9.47 Å². The van der Waals surface area contributed by atoms with Gasteiger partial charge in [-0.3, -0.25) is 0 Å². The summed E-state index contributed by atoms with van der Waals surface area (Å²) in [6.45, 7) is 6.26. The van der Waals surface area contributed by atoms with E-state index in [9.17, 15) is 0 Å². The van der Waals surface area contributed by atoms with Crippen LogP contribution in [0.3, 0.4) is 0 Å². The molecule has 0 saturated carbocycles. The topological polar surface area (TPSA) is 44.5 Å². The maximum absolute atomic E-state index is 6.31.